The molecule has 0 N–H and O–H groups in total. The van der Waals surface area contributed by atoms with Crippen LogP contribution in [-0.2, 0) is 4.79 Å². The lowest BCUT2D eigenvalue weighted by Crippen LogP contribution is -2.29. The second kappa shape index (κ2) is 6.75. The molecule has 1 atom stereocenters. The Hall–Kier alpha value is -2.14. The molecule has 1 aliphatic heterocycles. The maximum atomic E-state index is 12.2. The Kier molecular flexibility index (Phi) is 4.53. The first-order chi connectivity index (χ1) is 10.7. The maximum absolute atomic E-state index is 12.2. The van der Waals surface area contributed by atoms with Crippen LogP contribution in [0.2, 0.25) is 0 Å². The lowest BCUT2D eigenvalue weighted by Gasteiger charge is -2.15. The molecule has 0 spiro atoms. The predicted octanol–water partition coefficient (Wildman–Crippen LogP) is 3.14. The molecule has 0 bridgehead atoms. The fourth-order valence-corrected chi connectivity index (χ4v) is 3.04. The lowest BCUT2D eigenvalue weighted by molar-refractivity contribution is -0.125. The molecule has 1 fully saturated rings. The Morgan fingerprint density at radius 3 is 3.09 bits per heavy atom. The molecule has 2 aromatic heterocycles. The van der Waals surface area contributed by atoms with E-state index in [1.54, 1.807) is 17.4 Å². The van der Waals surface area contributed by atoms with E-state index in [-0.39, 0.29) is 12.0 Å². The van der Waals surface area contributed by atoms with Crippen molar-refractivity contribution < 1.29 is 9.53 Å². The van der Waals surface area contributed by atoms with Gasteiger partial charge in [0, 0.05) is 35.7 Å². The molecule has 0 aromatic carbocycles. The van der Waals surface area contributed by atoms with Gasteiger partial charge in [0.25, 0.3) is 0 Å². The van der Waals surface area contributed by atoms with Crippen molar-refractivity contribution in [3.63, 3.8) is 0 Å². The Balaban J connectivity index is 1.54. The van der Waals surface area contributed by atoms with Crippen LogP contribution in [0, 0.1) is 6.92 Å². The van der Waals surface area contributed by atoms with Crippen LogP contribution < -0.4 is 4.74 Å². The largest absolute Gasteiger partial charge is 0.472 e. The molecule has 0 saturated carbocycles. The molecule has 1 unspecified atom stereocenters. The van der Waals surface area contributed by atoms with Crippen molar-refractivity contribution in [2.24, 2.45) is 0 Å². The zero-order valence-electron chi connectivity index (χ0n) is 12.4. The number of hydrogen-bond acceptors (Lipinski definition) is 4. The Labute approximate surface area is 134 Å². The summed E-state index contributed by atoms with van der Waals surface area (Å²) in [6, 6.07) is 9.69. The molecule has 1 saturated heterocycles. The highest BCUT2D eigenvalue weighted by atomic mass is 32.1. The van der Waals surface area contributed by atoms with Crippen molar-refractivity contribution in [3.05, 3.63) is 52.4 Å². The minimum absolute atomic E-state index is 0.0217. The minimum Gasteiger partial charge on any atom is -0.472 e. The maximum Gasteiger partial charge on any atom is 0.246 e. The highest BCUT2D eigenvalue weighted by Crippen LogP contribution is 2.18. The van der Waals surface area contributed by atoms with E-state index in [0.29, 0.717) is 12.4 Å². The van der Waals surface area contributed by atoms with E-state index in [9.17, 15) is 4.79 Å². The van der Waals surface area contributed by atoms with Gasteiger partial charge in [0.15, 0.2) is 0 Å². The molecule has 4 nitrogen and oxygen atoms in total. The highest BCUT2D eigenvalue weighted by Gasteiger charge is 2.26. The zero-order chi connectivity index (χ0) is 15.4. The zero-order valence-corrected chi connectivity index (χ0v) is 13.3. The smallest absolute Gasteiger partial charge is 0.246 e. The molecule has 114 valence electrons. The van der Waals surface area contributed by atoms with Crippen LogP contribution in [0.25, 0.3) is 6.08 Å². The SMILES string of the molecule is Cc1cccc(OC2CCN(C(=O)/C=C/c3cccs3)C2)n1. The standard InChI is InChI=1S/C17H18N2O2S/c1-13-4-2-6-16(18-13)21-14-9-10-19(12-14)17(20)8-7-15-5-3-11-22-15/h2-8,11,14H,9-10,12H2,1H3/b8-7+. The van der Waals surface area contributed by atoms with Gasteiger partial charge in [-0.15, -0.1) is 11.3 Å². The number of ether oxygens (including phenoxy) is 1. The van der Waals surface area contributed by atoms with Gasteiger partial charge in [0.05, 0.1) is 6.54 Å². The summed E-state index contributed by atoms with van der Waals surface area (Å²) in [6.45, 7) is 3.28. The molecule has 1 aliphatic rings. The van der Waals surface area contributed by atoms with Crippen LogP contribution in [0.15, 0.2) is 41.8 Å². The molecule has 5 heteroatoms. The van der Waals surface area contributed by atoms with Gasteiger partial charge < -0.3 is 9.64 Å². The van der Waals surface area contributed by atoms with Crippen molar-refractivity contribution >= 4 is 23.3 Å². The number of carbonyl (C=O) groups is 1. The van der Waals surface area contributed by atoms with E-state index in [1.807, 2.05) is 53.6 Å². The van der Waals surface area contributed by atoms with Gasteiger partial charge in [-0.25, -0.2) is 4.98 Å². The first-order valence-electron chi connectivity index (χ1n) is 7.31. The van der Waals surface area contributed by atoms with E-state index in [4.69, 9.17) is 4.74 Å². The molecule has 22 heavy (non-hydrogen) atoms. The Morgan fingerprint density at radius 1 is 1.41 bits per heavy atom. The fourth-order valence-electron chi connectivity index (χ4n) is 2.42. The van der Waals surface area contributed by atoms with Crippen molar-refractivity contribution in [2.75, 3.05) is 13.1 Å². The number of pyridine rings is 1. The first-order valence-corrected chi connectivity index (χ1v) is 8.19. The molecular weight excluding hydrogens is 296 g/mol. The van der Waals surface area contributed by atoms with E-state index >= 15 is 0 Å². The van der Waals surface area contributed by atoms with Crippen molar-refractivity contribution in [3.8, 4) is 5.88 Å². The third-order valence-electron chi connectivity index (χ3n) is 3.54. The molecule has 0 radical (unpaired) electrons. The van der Waals surface area contributed by atoms with Crippen LogP contribution in [0.1, 0.15) is 17.0 Å². The third kappa shape index (κ3) is 3.74. The van der Waals surface area contributed by atoms with Gasteiger partial charge in [0.1, 0.15) is 6.10 Å². The van der Waals surface area contributed by atoms with Gasteiger partial charge in [-0.2, -0.15) is 0 Å². The number of rotatable bonds is 4. The minimum atomic E-state index is 0.0217. The number of nitrogens with zero attached hydrogens (tertiary/aromatic N) is 2. The van der Waals surface area contributed by atoms with Gasteiger partial charge in [-0.1, -0.05) is 12.1 Å². The van der Waals surface area contributed by atoms with Crippen molar-refractivity contribution in [1.82, 2.24) is 9.88 Å². The highest BCUT2D eigenvalue weighted by molar-refractivity contribution is 7.10. The van der Waals surface area contributed by atoms with Crippen molar-refractivity contribution in [1.29, 1.82) is 0 Å². The number of thiophene rings is 1. The third-order valence-corrected chi connectivity index (χ3v) is 4.38. The van der Waals surface area contributed by atoms with Crippen LogP contribution in [0.3, 0.4) is 0 Å². The Bertz CT molecular complexity index is 667. The van der Waals surface area contributed by atoms with E-state index in [1.165, 1.54) is 0 Å². The summed E-state index contributed by atoms with van der Waals surface area (Å²) in [5.74, 6) is 0.671. The average molecular weight is 314 g/mol. The van der Waals surface area contributed by atoms with E-state index in [0.717, 1.165) is 23.5 Å². The number of hydrogen-bond donors (Lipinski definition) is 0. The quantitative estimate of drug-likeness (QED) is 0.814. The first kappa shape index (κ1) is 14.8. The fraction of sp³-hybridized carbons (Fsp3) is 0.294. The second-order valence-electron chi connectivity index (χ2n) is 5.28. The summed E-state index contributed by atoms with van der Waals surface area (Å²) >= 11 is 1.62. The van der Waals surface area contributed by atoms with Crippen molar-refractivity contribution in [2.45, 2.75) is 19.4 Å². The number of aryl methyl sites for hydroxylation is 1. The number of amides is 1. The van der Waals surface area contributed by atoms with Gasteiger partial charge >= 0.3 is 0 Å². The second-order valence-corrected chi connectivity index (χ2v) is 6.26. The number of carbonyl (C=O) groups excluding carboxylic acids is 1. The van der Waals surface area contributed by atoms with Crippen LogP contribution in [0.4, 0.5) is 0 Å². The summed E-state index contributed by atoms with van der Waals surface area (Å²) in [5.41, 5.74) is 0.933. The van der Waals surface area contributed by atoms with E-state index < -0.39 is 0 Å². The topological polar surface area (TPSA) is 42.4 Å². The van der Waals surface area contributed by atoms with Crippen LogP contribution in [0.5, 0.6) is 5.88 Å². The van der Waals surface area contributed by atoms with Gasteiger partial charge in [0.2, 0.25) is 11.8 Å². The molecule has 3 heterocycles. The molecule has 3 rings (SSSR count). The Morgan fingerprint density at radius 2 is 2.32 bits per heavy atom. The molecular formula is C17H18N2O2S. The molecule has 2 aromatic rings. The number of aromatic nitrogens is 1. The van der Waals surface area contributed by atoms with Gasteiger partial charge in [-0.3, -0.25) is 4.79 Å². The molecule has 1 amide bonds. The number of likely N-dealkylation sites (tertiary alicyclic amines) is 1. The summed E-state index contributed by atoms with van der Waals surface area (Å²) < 4.78 is 5.86. The monoisotopic (exact) mass is 314 g/mol. The van der Waals surface area contributed by atoms with E-state index in [2.05, 4.69) is 4.98 Å². The summed E-state index contributed by atoms with van der Waals surface area (Å²) in [7, 11) is 0. The molecule has 0 aliphatic carbocycles. The van der Waals surface area contributed by atoms with Crippen LogP contribution in [-0.4, -0.2) is 35.0 Å². The summed E-state index contributed by atoms with van der Waals surface area (Å²) in [5, 5.41) is 2.00. The summed E-state index contributed by atoms with van der Waals surface area (Å²) in [6.07, 6.45) is 4.37. The normalized spacial score (nSPS) is 18.0. The van der Waals surface area contributed by atoms with Crippen LogP contribution >= 0.6 is 11.3 Å². The lowest BCUT2D eigenvalue weighted by atomic mass is 10.3. The predicted molar refractivity (Wildman–Crippen MR) is 87.9 cm³/mol. The summed E-state index contributed by atoms with van der Waals surface area (Å²) in [4.78, 5) is 19.4. The average Bonchev–Trinajstić information content (AvgIpc) is 3.16. The van der Waals surface area contributed by atoms with Gasteiger partial charge in [-0.05, 0) is 30.5 Å².